The van der Waals surface area contributed by atoms with Crippen molar-refractivity contribution in [3.05, 3.63) is 28.8 Å². The van der Waals surface area contributed by atoms with Crippen LogP contribution in [0.4, 0.5) is 0 Å². The van der Waals surface area contributed by atoms with E-state index in [0.29, 0.717) is 10.8 Å². The van der Waals surface area contributed by atoms with Gasteiger partial charge in [-0.2, -0.15) is 0 Å². The largest absolute Gasteiger partial charge is 0.507 e. The predicted molar refractivity (Wildman–Crippen MR) is 61.0 cm³/mol. The summed E-state index contributed by atoms with van der Waals surface area (Å²) >= 11 is 5.89. The third kappa shape index (κ3) is 2.86. The Bertz CT molecular complexity index is 334. The van der Waals surface area contributed by atoms with Crippen LogP contribution in [0, 0.1) is 0 Å². The lowest BCUT2D eigenvalue weighted by molar-refractivity contribution is -0.703. The Morgan fingerprint density at radius 1 is 1.33 bits per heavy atom. The second kappa shape index (κ2) is 4.86. The first kappa shape index (κ1) is 10.8. The molecule has 2 nitrogen and oxygen atoms in total. The molecular weight excluding hydrogens is 210 g/mol. The molecule has 0 bridgehead atoms. The molecule has 1 aromatic carbocycles. The first-order valence-corrected chi connectivity index (χ1v) is 5.94. The number of benzene rings is 1. The quantitative estimate of drug-likeness (QED) is 0.814. The first-order chi connectivity index (χ1) is 7.25. The van der Waals surface area contributed by atoms with Crippen molar-refractivity contribution in [1.82, 2.24) is 0 Å². The van der Waals surface area contributed by atoms with Crippen molar-refractivity contribution in [2.45, 2.75) is 38.3 Å². The van der Waals surface area contributed by atoms with Gasteiger partial charge >= 0.3 is 0 Å². The van der Waals surface area contributed by atoms with Gasteiger partial charge in [-0.25, -0.2) is 0 Å². The van der Waals surface area contributed by atoms with E-state index < -0.39 is 0 Å². The molecule has 0 heterocycles. The monoisotopic (exact) mass is 226 g/mol. The Labute approximate surface area is 95.3 Å². The molecule has 1 fully saturated rings. The van der Waals surface area contributed by atoms with E-state index in [9.17, 15) is 5.11 Å². The fourth-order valence-electron chi connectivity index (χ4n) is 2.20. The standard InChI is InChI=1S/C12H16ClNO/c13-10-5-6-12(15)9(7-10)8-14-11-3-1-2-4-11/h5-7,11,14-15H,1-4,8H2/p+1. The Morgan fingerprint density at radius 2 is 2.07 bits per heavy atom. The van der Waals surface area contributed by atoms with Gasteiger partial charge in [0.05, 0.1) is 6.04 Å². The summed E-state index contributed by atoms with van der Waals surface area (Å²) in [5.41, 5.74) is 0.939. The summed E-state index contributed by atoms with van der Waals surface area (Å²) in [6.07, 6.45) is 5.31. The fraction of sp³-hybridized carbons (Fsp3) is 0.500. The molecule has 0 atom stereocenters. The van der Waals surface area contributed by atoms with Crippen LogP contribution in [0.2, 0.25) is 5.02 Å². The van der Waals surface area contributed by atoms with Gasteiger partial charge in [0, 0.05) is 10.6 Å². The molecule has 2 rings (SSSR count). The van der Waals surface area contributed by atoms with E-state index in [0.717, 1.165) is 18.2 Å². The second-order valence-corrected chi connectivity index (χ2v) is 4.69. The van der Waals surface area contributed by atoms with Gasteiger partial charge in [0.25, 0.3) is 0 Å². The minimum absolute atomic E-state index is 0.355. The molecule has 0 aromatic heterocycles. The van der Waals surface area contributed by atoms with E-state index in [4.69, 9.17) is 11.6 Å². The molecule has 0 amide bonds. The molecule has 15 heavy (non-hydrogen) atoms. The van der Waals surface area contributed by atoms with Gasteiger partial charge in [-0.1, -0.05) is 11.6 Å². The summed E-state index contributed by atoms with van der Waals surface area (Å²) in [4.78, 5) is 0. The van der Waals surface area contributed by atoms with Gasteiger partial charge in [0.1, 0.15) is 12.3 Å². The van der Waals surface area contributed by atoms with E-state index in [-0.39, 0.29) is 0 Å². The Kier molecular flexibility index (Phi) is 3.49. The van der Waals surface area contributed by atoms with Crippen LogP contribution in [0.15, 0.2) is 18.2 Å². The molecule has 0 radical (unpaired) electrons. The molecule has 1 saturated carbocycles. The zero-order valence-electron chi connectivity index (χ0n) is 8.75. The molecule has 0 spiro atoms. The van der Waals surface area contributed by atoms with Crippen molar-refractivity contribution in [3.8, 4) is 5.75 Å². The Morgan fingerprint density at radius 3 is 2.80 bits per heavy atom. The third-order valence-electron chi connectivity index (χ3n) is 3.11. The van der Waals surface area contributed by atoms with Gasteiger partial charge in [-0.3, -0.25) is 0 Å². The first-order valence-electron chi connectivity index (χ1n) is 5.56. The minimum Gasteiger partial charge on any atom is -0.507 e. The number of nitrogens with two attached hydrogens (primary N) is 1. The van der Waals surface area contributed by atoms with E-state index in [1.165, 1.54) is 25.7 Å². The topological polar surface area (TPSA) is 36.8 Å². The zero-order valence-corrected chi connectivity index (χ0v) is 9.50. The van der Waals surface area contributed by atoms with Crippen LogP contribution in [0.1, 0.15) is 31.2 Å². The van der Waals surface area contributed by atoms with Gasteiger partial charge in [0.15, 0.2) is 0 Å². The van der Waals surface area contributed by atoms with E-state index >= 15 is 0 Å². The maximum atomic E-state index is 9.63. The highest BCUT2D eigenvalue weighted by Crippen LogP contribution is 2.21. The highest BCUT2D eigenvalue weighted by molar-refractivity contribution is 6.30. The molecule has 3 N–H and O–H groups in total. The lowest BCUT2D eigenvalue weighted by Gasteiger charge is -2.09. The summed E-state index contributed by atoms with van der Waals surface area (Å²) in [7, 11) is 0. The van der Waals surface area contributed by atoms with Crippen LogP contribution in [-0.4, -0.2) is 11.1 Å². The smallest absolute Gasteiger partial charge is 0.124 e. The molecule has 3 heteroatoms. The average Bonchev–Trinajstić information content (AvgIpc) is 2.72. The lowest BCUT2D eigenvalue weighted by atomic mass is 10.1. The highest BCUT2D eigenvalue weighted by Gasteiger charge is 2.18. The van der Waals surface area contributed by atoms with E-state index in [1.54, 1.807) is 12.1 Å². The van der Waals surface area contributed by atoms with Gasteiger partial charge in [-0.05, 0) is 43.9 Å². The fourth-order valence-corrected chi connectivity index (χ4v) is 2.40. The SMILES string of the molecule is Oc1ccc(Cl)cc1C[NH2+]C1CCCC1. The van der Waals surface area contributed by atoms with Crippen LogP contribution in [0.3, 0.4) is 0 Å². The van der Waals surface area contributed by atoms with Gasteiger partial charge in [0.2, 0.25) is 0 Å². The number of hydrogen-bond donors (Lipinski definition) is 2. The van der Waals surface area contributed by atoms with Crippen LogP contribution < -0.4 is 5.32 Å². The average molecular weight is 227 g/mol. The van der Waals surface area contributed by atoms with E-state index in [1.807, 2.05) is 6.07 Å². The summed E-state index contributed by atoms with van der Waals surface area (Å²) in [6, 6.07) is 5.97. The number of phenols is 1. The predicted octanol–water partition coefficient (Wildman–Crippen LogP) is 2.05. The number of phenolic OH excluding ortho intramolecular Hbond substituents is 1. The van der Waals surface area contributed by atoms with Gasteiger partial charge < -0.3 is 10.4 Å². The van der Waals surface area contributed by atoms with Crippen molar-refractivity contribution >= 4 is 11.6 Å². The number of hydrogen-bond acceptors (Lipinski definition) is 1. The molecule has 1 aliphatic carbocycles. The molecule has 1 aliphatic rings. The third-order valence-corrected chi connectivity index (χ3v) is 3.35. The summed E-state index contributed by atoms with van der Waals surface area (Å²) in [5, 5.41) is 12.6. The van der Waals surface area contributed by atoms with Crippen molar-refractivity contribution in [2.24, 2.45) is 0 Å². The number of aromatic hydroxyl groups is 1. The van der Waals surface area contributed by atoms with E-state index in [2.05, 4.69) is 5.32 Å². The number of quaternary nitrogens is 1. The normalized spacial score (nSPS) is 17.1. The van der Waals surface area contributed by atoms with Crippen molar-refractivity contribution in [3.63, 3.8) is 0 Å². The van der Waals surface area contributed by atoms with Crippen LogP contribution in [0.5, 0.6) is 5.75 Å². The summed E-state index contributed by atoms with van der Waals surface area (Å²) < 4.78 is 0. The molecule has 0 unspecified atom stereocenters. The van der Waals surface area contributed by atoms with Crippen molar-refractivity contribution < 1.29 is 10.4 Å². The maximum Gasteiger partial charge on any atom is 0.124 e. The Hall–Kier alpha value is -0.730. The van der Waals surface area contributed by atoms with Crippen LogP contribution >= 0.6 is 11.6 Å². The van der Waals surface area contributed by atoms with Crippen molar-refractivity contribution in [2.75, 3.05) is 0 Å². The summed E-state index contributed by atoms with van der Waals surface area (Å²) in [5.74, 6) is 0.355. The molecule has 0 saturated heterocycles. The number of halogens is 1. The zero-order chi connectivity index (χ0) is 10.7. The highest BCUT2D eigenvalue weighted by atomic mass is 35.5. The van der Waals surface area contributed by atoms with Gasteiger partial charge in [-0.15, -0.1) is 0 Å². The lowest BCUT2D eigenvalue weighted by Crippen LogP contribution is -2.87. The minimum atomic E-state index is 0.355. The van der Waals surface area contributed by atoms with Crippen molar-refractivity contribution in [1.29, 1.82) is 0 Å². The molecular formula is C12H17ClNO+. The molecule has 0 aliphatic heterocycles. The molecule has 82 valence electrons. The van der Waals surface area contributed by atoms with Crippen LogP contribution in [-0.2, 0) is 6.54 Å². The second-order valence-electron chi connectivity index (χ2n) is 4.26. The summed E-state index contributed by atoms with van der Waals surface area (Å²) in [6.45, 7) is 0.830. The Balaban J connectivity index is 1.94. The maximum absolute atomic E-state index is 9.63. The van der Waals surface area contributed by atoms with Crippen LogP contribution in [0.25, 0.3) is 0 Å². The number of rotatable bonds is 3. The molecule has 1 aromatic rings.